The SMILES string of the molecule is CCCCn1cnc2c(OC)nc(N=Nc3ccc(OCC)cc3)nc21. The first-order chi connectivity index (χ1) is 12.7. The van der Waals surface area contributed by atoms with Gasteiger partial charge >= 0.3 is 0 Å². The molecule has 0 aliphatic carbocycles. The van der Waals surface area contributed by atoms with Crippen LogP contribution in [0.1, 0.15) is 26.7 Å². The van der Waals surface area contributed by atoms with Gasteiger partial charge in [-0.05, 0) is 37.6 Å². The number of hydrogen-bond donors (Lipinski definition) is 0. The van der Waals surface area contributed by atoms with Crippen LogP contribution in [0.5, 0.6) is 11.6 Å². The van der Waals surface area contributed by atoms with Crippen molar-refractivity contribution in [2.24, 2.45) is 10.2 Å². The third-order valence-corrected chi connectivity index (χ3v) is 3.77. The summed E-state index contributed by atoms with van der Waals surface area (Å²) in [6.45, 7) is 5.55. The molecule has 2 aromatic heterocycles. The topological polar surface area (TPSA) is 86.8 Å². The highest BCUT2D eigenvalue weighted by atomic mass is 16.5. The molecule has 2 heterocycles. The predicted octanol–water partition coefficient (Wildman–Crippen LogP) is 4.45. The molecule has 0 unspecified atom stereocenters. The quantitative estimate of drug-likeness (QED) is 0.558. The maximum atomic E-state index is 5.42. The Morgan fingerprint density at radius 2 is 1.88 bits per heavy atom. The number of fused-ring (bicyclic) bond motifs is 1. The van der Waals surface area contributed by atoms with Crippen molar-refractivity contribution in [1.29, 1.82) is 0 Å². The summed E-state index contributed by atoms with van der Waals surface area (Å²) in [5, 5.41) is 8.35. The highest BCUT2D eigenvalue weighted by molar-refractivity contribution is 5.77. The first-order valence-electron chi connectivity index (χ1n) is 8.66. The summed E-state index contributed by atoms with van der Waals surface area (Å²) >= 11 is 0. The Morgan fingerprint density at radius 3 is 2.58 bits per heavy atom. The molecule has 8 heteroatoms. The molecule has 0 aliphatic heterocycles. The van der Waals surface area contributed by atoms with Crippen molar-refractivity contribution >= 4 is 22.8 Å². The lowest BCUT2D eigenvalue weighted by Crippen LogP contribution is -1.99. The van der Waals surface area contributed by atoms with Gasteiger partial charge in [0.2, 0.25) is 5.88 Å². The highest BCUT2D eigenvalue weighted by Crippen LogP contribution is 2.25. The molecule has 3 aromatic rings. The van der Waals surface area contributed by atoms with E-state index in [0.717, 1.165) is 25.1 Å². The molecule has 0 saturated carbocycles. The van der Waals surface area contributed by atoms with Crippen LogP contribution in [0.3, 0.4) is 0 Å². The van der Waals surface area contributed by atoms with Gasteiger partial charge in [-0.1, -0.05) is 13.3 Å². The van der Waals surface area contributed by atoms with E-state index in [1.165, 1.54) is 0 Å². The molecule has 0 saturated heterocycles. The normalized spacial score (nSPS) is 11.3. The molecule has 8 nitrogen and oxygen atoms in total. The second kappa shape index (κ2) is 8.37. The molecule has 0 radical (unpaired) electrons. The molecule has 136 valence electrons. The Labute approximate surface area is 151 Å². The number of ether oxygens (including phenoxy) is 2. The standard InChI is InChI=1S/C18H22N6O2/c1-4-6-11-24-12-19-15-16(24)20-18(21-17(15)25-3)23-22-13-7-9-14(10-8-13)26-5-2/h7-10,12H,4-6,11H2,1-3H3. The summed E-state index contributed by atoms with van der Waals surface area (Å²) in [5.41, 5.74) is 2.02. The molecule has 0 amide bonds. The van der Waals surface area contributed by atoms with E-state index in [-0.39, 0.29) is 5.95 Å². The molecule has 0 N–H and O–H groups in total. The predicted molar refractivity (Wildman–Crippen MR) is 98.6 cm³/mol. The van der Waals surface area contributed by atoms with Crippen LogP contribution in [0.15, 0.2) is 40.8 Å². The molecular weight excluding hydrogens is 332 g/mol. The largest absolute Gasteiger partial charge is 0.494 e. The maximum absolute atomic E-state index is 5.42. The lowest BCUT2D eigenvalue weighted by atomic mass is 10.3. The number of benzene rings is 1. The summed E-state index contributed by atoms with van der Waals surface area (Å²) in [7, 11) is 1.56. The Bertz CT molecular complexity index is 889. The molecular formula is C18H22N6O2. The lowest BCUT2D eigenvalue weighted by molar-refractivity contribution is 0.340. The van der Waals surface area contributed by atoms with E-state index in [2.05, 4.69) is 32.1 Å². The second-order valence-electron chi connectivity index (χ2n) is 5.62. The average molecular weight is 354 g/mol. The smallest absolute Gasteiger partial charge is 0.274 e. The maximum Gasteiger partial charge on any atom is 0.274 e. The molecule has 0 bridgehead atoms. The Morgan fingerprint density at radius 1 is 1.08 bits per heavy atom. The number of aryl methyl sites for hydroxylation is 1. The number of rotatable bonds is 8. The molecule has 26 heavy (non-hydrogen) atoms. The first kappa shape index (κ1) is 17.8. The van der Waals surface area contributed by atoms with Crippen molar-refractivity contribution in [2.45, 2.75) is 33.2 Å². The fraction of sp³-hybridized carbons (Fsp3) is 0.389. The van der Waals surface area contributed by atoms with Crippen LogP contribution in [-0.2, 0) is 6.54 Å². The van der Waals surface area contributed by atoms with Gasteiger partial charge in [0.15, 0.2) is 11.2 Å². The van der Waals surface area contributed by atoms with Crippen LogP contribution in [-0.4, -0.2) is 33.2 Å². The molecule has 1 aromatic carbocycles. The first-order valence-corrected chi connectivity index (χ1v) is 8.66. The fourth-order valence-electron chi connectivity index (χ4n) is 2.46. The third kappa shape index (κ3) is 3.96. The Hall–Kier alpha value is -3.03. The van der Waals surface area contributed by atoms with E-state index < -0.39 is 0 Å². The average Bonchev–Trinajstić information content (AvgIpc) is 3.08. The number of nitrogens with zero attached hydrogens (tertiary/aromatic N) is 6. The minimum Gasteiger partial charge on any atom is -0.494 e. The van der Waals surface area contributed by atoms with Crippen molar-refractivity contribution < 1.29 is 9.47 Å². The van der Waals surface area contributed by atoms with E-state index >= 15 is 0 Å². The zero-order valence-electron chi connectivity index (χ0n) is 15.2. The van der Waals surface area contributed by atoms with Crippen LogP contribution in [0.4, 0.5) is 11.6 Å². The van der Waals surface area contributed by atoms with Gasteiger partial charge in [-0.3, -0.25) is 0 Å². The van der Waals surface area contributed by atoms with Crippen molar-refractivity contribution in [3.63, 3.8) is 0 Å². The van der Waals surface area contributed by atoms with Gasteiger partial charge in [0.05, 0.1) is 25.7 Å². The monoisotopic (exact) mass is 354 g/mol. The summed E-state index contributed by atoms with van der Waals surface area (Å²) in [6, 6.07) is 7.36. The molecule has 0 aliphatic rings. The van der Waals surface area contributed by atoms with Gasteiger partial charge in [-0.25, -0.2) is 4.98 Å². The Kier molecular flexibility index (Phi) is 5.73. The van der Waals surface area contributed by atoms with E-state index in [0.29, 0.717) is 29.3 Å². The number of azo groups is 1. The minimum absolute atomic E-state index is 0.237. The van der Waals surface area contributed by atoms with Crippen LogP contribution in [0.2, 0.25) is 0 Å². The number of methoxy groups -OCH3 is 1. The highest BCUT2D eigenvalue weighted by Gasteiger charge is 2.13. The van der Waals surface area contributed by atoms with Crippen molar-refractivity contribution in [1.82, 2.24) is 19.5 Å². The number of hydrogen-bond acceptors (Lipinski definition) is 7. The number of imidazole rings is 1. The van der Waals surface area contributed by atoms with Crippen LogP contribution < -0.4 is 9.47 Å². The van der Waals surface area contributed by atoms with Gasteiger partial charge in [0.1, 0.15) is 5.75 Å². The van der Waals surface area contributed by atoms with Crippen LogP contribution >= 0.6 is 0 Å². The molecule has 0 atom stereocenters. The molecule has 0 spiro atoms. The van der Waals surface area contributed by atoms with E-state index in [1.807, 2.05) is 35.8 Å². The van der Waals surface area contributed by atoms with E-state index in [1.54, 1.807) is 13.4 Å². The molecule has 0 fully saturated rings. The zero-order chi connectivity index (χ0) is 18.4. The Balaban J connectivity index is 1.88. The van der Waals surface area contributed by atoms with Gasteiger partial charge in [-0.15, -0.1) is 10.2 Å². The third-order valence-electron chi connectivity index (χ3n) is 3.77. The van der Waals surface area contributed by atoms with Crippen molar-refractivity contribution in [3.8, 4) is 11.6 Å². The van der Waals surface area contributed by atoms with Crippen molar-refractivity contribution in [2.75, 3.05) is 13.7 Å². The second-order valence-corrected chi connectivity index (χ2v) is 5.62. The minimum atomic E-state index is 0.237. The summed E-state index contributed by atoms with van der Waals surface area (Å²) < 4.78 is 12.7. The van der Waals surface area contributed by atoms with E-state index in [9.17, 15) is 0 Å². The van der Waals surface area contributed by atoms with Gasteiger partial charge in [0, 0.05) is 6.54 Å². The number of unbranched alkanes of at least 4 members (excludes halogenated alkanes) is 1. The van der Waals surface area contributed by atoms with Crippen molar-refractivity contribution in [3.05, 3.63) is 30.6 Å². The molecule has 3 rings (SSSR count). The lowest BCUT2D eigenvalue weighted by Gasteiger charge is -2.04. The van der Waals surface area contributed by atoms with Gasteiger partial charge in [-0.2, -0.15) is 9.97 Å². The summed E-state index contributed by atoms with van der Waals surface area (Å²) in [4.78, 5) is 13.1. The van der Waals surface area contributed by atoms with Crippen LogP contribution in [0.25, 0.3) is 11.2 Å². The number of aromatic nitrogens is 4. The fourth-order valence-corrected chi connectivity index (χ4v) is 2.46. The van der Waals surface area contributed by atoms with Crippen LogP contribution in [0, 0.1) is 0 Å². The summed E-state index contributed by atoms with van der Waals surface area (Å²) in [6.07, 6.45) is 3.89. The zero-order valence-corrected chi connectivity index (χ0v) is 15.2. The van der Waals surface area contributed by atoms with E-state index in [4.69, 9.17) is 9.47 Å². The van der Waals surface area contributed by atoms with Gasteiger partial charge in [0.25, 0.3) is 5.95 Å². The summed E-state index contributed by atoms with van der Waals surface area (Å²) in [5.74, 6) is 1.43. The van der Waals surface area contributed by atoms with Gasteiger partial charge < -0.3 is 14.0 Å².